The van der Waals surface area contributed by atoms with Crippen molar-refractivity contribution in [3.63, 3.8) is 0 Å². The maximum atomic E-state index is 14.8. The van der Waals surface area contributed by atoms with Crippen molar-refractivity contribution in [1.82, 2.24) is 0 Å². The molecule has 3 aliphatic carbocycles. The average Bonchev–Trinajstić information content (AvgIpc) is 2.89. The van der Waals surface area contributed by atoms with Crippen molar-refractivity contribution in [1.29, 1.82) is 0 Å². The third-order valence-electron chi connectivity index (χ3n) is 10.1. The van der Waals surface area contributed by atoms with Crippen LogP contribution < -0.4 is 0 Å². The van der Waals surface area contributed by atoms with Crippen LogP contribution in [0, 0.1) is 16.7 Å². The summed E-state index contributed by atoms with van der Waals surface area (Å²) in [6.07, 6.45) is -4.63. The smallest absolute Gasteiger partial charge is 0.338 e. The van der Waals surface area contributed by atoms with Crippen molar-refractivity contribution in [2.45, 2.75) is 96.4 Å². The van der Waals surface area contributed by atoms with E-state index in [-0.39, 0.29) is 25.0 Å². The first-order chi connectivity index (χ1) is 19.1. The molecule has 8 atom stereocenters. The number of carbonyl (C=O) groups excluding carboxylic acids is 4. The van der Waals surface area contributed by atoms with E-state index in [4.69, 9.17) is 18.9 Å². The Hall–Kier alpha value is -3.08. The van der Waals surface area contributed by atoms with E-state index in [2.05, 4.69) is 0 Å². The lowest BCUT2D eigenvalue weighted by atomic mass is 9.45. The minimum Gasteiger partial charge on any atom is -0.455 e. The Morgan fingerprint density at radius 1 is 1.02 bits per heavy atom. The predicted molar refractivity (Wildman–Crippen MR) is 143 cm³/mol. The van der Waals surface area contributed by atoms with E-state index in [0.717, 1.165) is 5.57 Å². The number of allylic oxidation sites excluding steroid dienone is 1. The van der Waals surface area contributed by atoms with Gasteiger partial charge in [0.25, 0.3) is 0 Å². The van der Waals surface area contributed by atoms with Crippen LogP contribution in [0.4, 0.5) is 0 Å². The fourth-order valence-corrected chi connectivity index (χ4v) is 7.93. The summed E-state index contributed by atoms with van der Waals surface area (Å²) in [4.78, 5) is 53.4. The lowest BCUT2D eigenvalue weighted by Gasteiger charge is -2.67. The van der Waals surface area contributed by atoms with Gasteiger partial charge in [0.2, 0.25) is 0 Å². The molecule has 41 heavy (non-hydrogen) atoms. The third kappa shape index (κ3) is 4.09. The van der Waals surface area contributed by atoms with Gasteiger partial charge in [0, 0.05) is 25.7 Å². The molecule has 222 valence electrons. The summed E-state index contributed by atoms with van der Waals surface area (Å²) < 4.78 is 23.7. The molecule has 3 fully saturated rings. The quantitative estimate of drug-likeness (QED) is 0.315. The third-order valence-corrected chi connectivity index (χ3v) is 10.1. The Morgan fingerprint density at radius 3 is 2.24 bits per heavy atom. The first-order valence-electron chi connectivity index (χ1n) is 14.0. The van der Waals surface area contributed by atoms with Gasteiger partial charge in [-0.15, -0.1) is 0 Å². The van der Waals surface area contributed by atoms with Crippen LogP contribution in [0.25, 0.3) is 0 Å². The SMILES string of the molecule is CC(=O)O[C@H]1C(=O)[C@]2(C)[C@@H](O)C[C@H]3OC[C@]3(OC(C)=O)[C@@H]2[C@@H](OC(=O)c2ccccc2)[C@]2(O)CCC(C)=C1C2(C)C. The highest BCUT2D eigenvalue weighted by atomic mass is 16.6. The molecule has 0 unspecified atom stereocenters. The normalized spacial score (nSPS) is 39.2. The van der Waals surface area contributed by atoms with Crippen molar-refractivity contribution in [2.75, 3.05) is 6.61 Å². The first-order valence-corrected chi connectivity index (χ1v) is 14.0. The van der Waals surface area contributed by atoms with E-state index < -0.39 is 76.1 Å². The van der Waals surface area contributed by atoms with Gasteiger partial charge >= 0.3 is 17.9 Å². The minimum absolute atomic E-state index is 0.0575. The summed E-state index contributed by atoms with van der Waals surface area (Å²) in [5.74, 6) is -3.96. The first kappa shape index (κ1) is 29.4. The van der Waals surface area contributed by atoms with Crippen LogP contribution in [0.5, 0.6) is 0 Å². The van der Waals surface area contributed by atoms with Crippen LogP contribution in [0.2, 0.25) is 0 Å². The second-order valence-corrected chi connectivity index (χ2v) is 12.6. The Morgan fingerprint density at radius 2 is 1.68 bits per heavy atom. The number of rotatable bonds is 4. The van der Waals surface area contributed by atoms with Crippen molar-refractivity contribution in [3.05, 3.63) is 47.0 Å². The van der Waals surface area contributed by atoms with Crippen LogP contribution in [0.3, 0.4) is 0 Å². The molecular formula is C31H38O10. The molecule has 5 rings (SSSR count). The maximum absolute atomic E-state index is 14.8. The summed E-state index contributed by atoms with van der Waals surface area (Å²) in [5.41, 5.74) is -4.98. The highest BCUT2D eigenvalue weighted by Gasteiger charge is 2.77. The summed E-state index contributed by atoms with van der Waals surface area (Å²) >= 11 is 0. The van der Waals surface area contributed by atoms with Gasteiger partial charge < -0.3 is 29.2 Å². The fraction of sp³-hybridized carbons (Fsp3) is 0.613. The van der Waals surface area contributed by atoms with Gasteiger partial charge in [0.15, 0.2) is 17.5 Å². The largest absolute Gasteiger partial charge is 0.455 e. The molecule has 1 aromatic rings. The fourth-order valence-electron chi connectivity index (χ4n) is 7.93. The summed E-state index contributed by atoms with van der Waals surface area (Å²) in [6, 6.07) is 8.25. The number of hydrogen-bond donors (Lipinski definition) is 2. The highest BCUT2D eigenvalue weighted by molar-refractivity contribution is 5.95. The number of fused-ring (bicyclic) bond motifs is 5. The van der Waals surface area contributed by atoms with E-state index in [0.29, 0.717) is 12.0 Å². The molecule has 2 bridgehead atoms. The molecule has 0 aromatic heterocycles. The van der Waals surface area contributed by atoms with Crippen LogP contribution in [0.15, 0.2) is 41.5 Å². The molecule has 0 radical (unpaired) electrons. The van der Waals surface area contributed by atoms with Gasteiger partial charge in [-0.1, -0.05) is 37.6 Å². The molecule has 10 nitrogen and oxygen atoms in total. The number of Topliss-reactive ketones (excluding diaryl/α,β-unsaturated/α-hetero) is 1. The Bertz CT molecular complexity index is 1320. The highest BCUT2D eigenvalue weighted by Crippen LogP contribution is 2.64. The Balaban J connectivity index is 1.81. The Kier molecular flexibility index (Phi) is 6.99. The monoisotopic (exact) mass is 570 g/mol. The summed E-state index contributed by atoms with van der Waals surface area (Å²) in [5, 5.41) is 24.5. The molecule has 0 amide bonds. The molecular weight excluding hydrogens is 532 g/mol. The Labute approximate surface area is 239 Å². The number of ether oxygens (including phenoxy) is 4. The van der Waals surface area contributed by atoms with Crippen LogP contribution in [-0.4, -0.2) is 76.1 Å². The lowest BCUT2D eigenvalue weighted by Crippen LogP contribution is -2.81. The van der Waals surface area contributed by atoms with Crippen molar-refractivity contribution >= 4 is 23.7 Å². The number of ketones is 1. The lowest BCUT2D eigenvalue weighted by molar-refractivity contribution is -0.345. The number of aliphatic hydroxyl groups is 2. The van der Waals surface area contributed by atoms with Gasteiger partial charge in [0.1, 0.15) is 17.8 Å². The molecule has 2 saturated carbocycles. The van der Waals surface area contributed by atoms with Gasteiger partial charge in [-0.05, 0) is 44.4 Å². The number of benzene rings is 1. The van der Waals surface area contributed by atoms with Gasteiger partial charge in [-0.3, -0.25) is 14.4 Å². The average molecular weight is 571 g/mol. The van der Waals surface area contributed by atoms with Crippen molar-refractivity contribution in [2.24, 2.45) is 16.7 Å². The van der Waals surface area contributed by atoms with Crippen molar-refractivity contribution < 1.29 is 48.3 Å². The molecule has 1 aromatic carbocycles. The minimum atomic E-state index is -1.83. The summed E-state index contributed by atoms with van der Waals surface area (Å²) in [7, 11) is 0. The summed E-state index contributed by atoms with van der Waals surface area (Å²) in [6.45, 7) is 9.08. The molecule has 1 aliphatic heterocycles. The standard InChI is InChI=1S/C31H38O10/c1-16-12-13-31(37)26(40-27(36)19-10-8-7-9-11-19)24-29(6,20(34)14-21-30(24,15-38-21)41-18(3)33)25(35)23(39-17(2)32)22(16)28(31,4)5/h7-11,20-21,23-24,26,34,37H,12-15H2,1-6H3/t20-,21+,23+,24+,26+,29+,30+,31+/m0/s1. The molecule has 2 N–H and O–H groups in total. The molecule has 4 aliphatic rings. The molecule has 10 heteroatoms. The van der Waals surface area contributed by atoms with E-state index in [1.165, 1.54) is 20.8 Å². The topological polar surface area (TPSA) is 146 Å². The number of esters is 3. The van der Waals surface area contributed by atoms with E-state index >= 15 is 0 Å². The van der Waals surface area contributed by atoms with E-state index in [9.17, 15) is 29.4 Å². The zero-order valence-electron chi connectivity index (χ0n) is 24.3. The van der Waals surface area contributed by atoms with Gasteiger partial charge in [-0.25, -0.2) is 4.79 Å². The zero-order chi connectivity index (χ0) is 30.1. The van der Waals surface area contributed by atoms with Gasteiger partial charge in [0.05, 0.1) is 29.6 Å². The van der Waals surface area contributed by atoms with Crippen LogP contribution >= 0.6 is 0 Å². The van der Waals surface area contributed by atoms with Gasteiger partial charge in [-0.2, -0.15) is 0 Å². The van der Waals surface area contributed by atoms with Crippen LogP contribution in [-0.2, 0) is 33.3 Å². The van der Waals surface area contributed by atoms with E-state index in [1.54, 1.807) is 44.2 Å². The van der Waals surface area contributed by atoms with Crippen LogP contribution in [0.1, 0.15) is 71.2 Å². The molecule has 1 heterocycles. The van der Waals surface area contributed by atoms with Crippen molar-refractivity contribution in [3.8, 4) is 0 Å². The number of hydrogen-bond acceptors (Lipinski definition) is 10. The maximum Gasteiger partial charge on any atom is 0.338 e. The predicted octanol–water partition coefficient (Wildman–Crippen LogP) is 2.68. The second kappa shape index (κ2) is 9.74. The number of aliphatic hydroxyl groups excluding tert-OH is 1. The zero-order valence-corrected chi connectivity index (χ0v) is 24.3. The van der Waals surface area contributed by atoms with E-state index in [1.807, 2.05) is 6.92 Å². The molecule has 0 spiro atoms. The number of carbonyl (C=O) groups is 4. The molecule has 1 saturated heterocycles. The second-order valence-electron chi connectivity index (χ2n) is 12.6.